The number of aryl methyl sites for hydroxylation is 2. The molecule has 0 spiro atoms. The van der Waals surface area contributed by atoms with Gasteiger partial charge in [-0.25, -0.2) is 9.79 Å². The second-order valence-corrected chi connectivity index (χ2v) is 4.60. The molecule has 0 atom stereocenters. The van der Waals surface area contributed by atoms with Crippen molar-refractivity contribution in [1.82, 2.24) is 9.78 Å². The summed E-state index contributed by atoms with van der Waals surface area (Å²) in [7, 11) is 1.82. The molecule has 1 aliphatic rings. The maximum absolute atomic E-state index is 11.8. The highest BCUT2D eigenvalue weighted by molar-refractivity contribution is 6.13. The van der Waals surface area contributed by atoms with Gasteiger partial charge in [0.1, 0.15) is 0 Å². The summed E-state index contributed by atoms with van der Waals surface area (Å²) in [4.78, 5) is 16.1. The zero-order valence-corrected chi connectivity index (χ0v) is 11.2. The third-order valence-corrected chi connectivity index (χ3v) is 3.02. The average Bonchev–Trinajstić information content (AvgIpc) is 2.98. The maximum Gasteiger partial charge on any atom is 0.363 e. The number of ether oxygens (including phenoxy) is 1. The Morgan fingerprint density at radius 3 is 2.80 bits per heavy atom. The first-order valence-corrected chi connectivity index (χ1v) is 6.21. The van der Waals surface area contributed by atoms with Crippen LogP contribution in [-0.2, 0) is 16.6 Å². The number of aromatic nitrogens is 2. The fraction of sp³-hybridized carbons (Fsp3) is 0.133. The van der Waals surface area contributed by atoms with Gasteiger partial charge in [-0.05, 0) is 24.6 Å². The normalized spacial score (nSPS) is 16.4. The van der Waals surface area contributed by atoms with E-state index in [1.165, 1.54) is 0 Å². The number of nitrogens with zero attached hydrogens (tertiary/aromatic N) is 3. The van der Waals surface area contributed by atoms with Crippen molar-refractivity contribution in [2.75, 3.05) is 0 Å². The van der Waals surface area contributed by atoms with Gasteiger partial charge >= 0.3 is 5.97 Å². The molecule has 0 radical (unpaired) electrons. The molecule has 100 valence electrons. The lowest BCUT2D eigenvalue weighted by Gasteiger charge is -2.02. The number of esters is 1. The quantitative estimate of drug-likeness (QED) is 0.618. The maximum atomic E-state index is 11.8. The van der Waals surface area contributed by atoms with Gasteiger partial charge in [0.05, 0.1) is 6.20 Å². The molecule has 5 heteroatoms. The fourth-order valence-corrected chi connectivity index (χ4v) is 2.01. The second-order valence-electron chi connectivity index (χ2n) is 4.60. The Hall–Kier alpha value is -2.69. The van der Waals surface area contributed by atoms with Gasteiger partial charge < -0.3 is 4.74 Å². The summed E-state index contributed by atoms with van der Waals surface area (Å²) in [5, 5.41) is 4.05. The van der Waals surface area contributed by atoms with E-state index in [0.717, 1.165) is 16.7 Å². The Morgan fingerprint density at radius 1 is 1.30 bits per heavy atom. The van der Waals surface area contributed by atoms with E-state index in [1.54, 1.807) is 17.0 Å². The van der Waals surface area contributed by atoms with Crippen LogP contribution in [0.2, 0.25) is 0 Å². The summed E-state index contributed by atoms with van der Waals surface area (Å²) >= 11 is 0. The molecule has 2 heterocycles. The molecule has 0 N–H and O–H groups in total. The van der Waals surface area contributed by atoms with Crippen molar-refractivity contribution in [3.63, 3.8) is 0 Å². The van der Waals surface area contributed by atoms with Crippen LogP contribution < -0.4 is 0 Å². The van der Waals surface area contributed by atoms with Crippen LogP contribution in [0.3, 0.4) is 0 Å². The van der Waals surface area contributed by atoms with Crippen molar-refractivity contribution in [2.24, 2.45) is 12.0 Å². The number of carbonyl (C=O) groups is 1. The first-order valence-electron chi connectivity index (χ1n) is 6.21. The SMILES string of the molecule is Cc1ccccc1C1=N/C(=C/c2cnn(C)c2)C(=O)O1. The average molecular weight is 267 g/mol. The topological polar surface area (TPSA) is 56.5 Å². The molecule has 0 bridgehead atoms. The number of rotatable bonds is 2. The Labute approximate surface area is 116 Å². The highest BCUT2D eigenvalue weighted by Crippen LogP contribution is 2.20. The Bertz CT molecular complexity index is 741. The second kappa shape index (κ2) is 4.77. The Kier molecular flexibility index (Phi) is 2.95. The van der Waals surface area contributed by atoms with Crippen molar-refractivity contribution in [3.05, 3.63) is 59.0 Å². The molecule has 1 aromatic heterocycles. The molecule has 0 saturated heterocycles. The smallest absolute Gasteiger partial charge is 0.363 e. The summed E-state index contributed by atoms with van der Waals surface area (Å²) in [5.41, 5.74) is 2.95. The van der Waals surface area contributed by atoms with Gasteiger partial charge in [-0.15, -0.1) is 0 Å². The van der Waals surface area contributed by atoms with Crippen molar-refractivity contribution in [1.29, 1.82) is 0 Å². The van der Waals surface area contributed by atoms with Gasteiger partial charge in [-0.1, -0.05) is 18.2 Å². The van der Waals surface area contributed by atoms with E-state index in [0.29, 0.717) is 5.90 Å². The van der Waals surface area contributed by atoms with Crippen molar-refractivity contribution >= 4 is 17.9 Å². The molecular weight excluding hydrogens is 254 g/mol. The standard InChI is InChI=1S/C15H13N3O2/c1-10-5-3-4-6-12(10)14-17-13(15(19)20-14)7-11-8-16-18(2)9-11/h3-9H,1-2H3/b13-7+. The van der Waals surface area contributed by atoms with Crippen LogP contribution >= 0.6 is 0 Å². The monoisotopic (exact) mass is 267 g/mol. The highest BCUT2D eigenvalue weighted by atomic mass is 16.6. The van der Waals surface area contributed by atoms with E-state index in [2.05, 4.69) is 10.1 Å². The van der Waals surface area contributed by atoms with Crippen LogP contribution in [0, 0.1) is 6.92 Å². The molecule has 5 nitrogen and oxygen atoms in total. The zero-order chi connectivity index (χ0) is 14.1. The van der Waals surface area contributed by atoms with Crippen LogP contribution in [0.4, 0.5) is 0 Å². The first-order chi connectivity index (χ1) is 9.63. The number of aliphatic imine (C=N–C) groups is 1. The third kappa shape index (κ3) is 2.25. The molecule has 20 heavy (non-hydrogen) atoms. The van der Waals surface area contributed by atoms with Crippen LogP contribution in [0.1, 0.15) is 16.7 Å². The number of hydrogen-bond donors (Lipinski definition) is 0. The lowest BCUT2D eigenvalue weighted by molar-refractivity contribution is -0.129. The number of benzene rings is 1. The minimum Gasteiger partial charge on any atom is -0.402 e. The largest absolute Gasteiger partial charge is 0.402 e. The molecule has 2 aromatic rings. The van der Waals surface area contributed by atoms with Crippen LogP contribution in [-0.4, -0.2) is 21.6 Å². The van der Waals surface area contributed by atoms with Gasteiger partial charge in [0.2, 0.25) is 5.90 Å². The predicted octanol–water partition coefficient (Wildman–Crippen LogP) is 2.07. The first kappa shape index (κ1) is 12.3. The minimum absolute atomic E-state index is 0.288. The Balaban J connectivity index is 1.97. The molecule has 1 aliphatic heterocycles. The molecule has 0 aliphatic carbocycles. The Morgan fingerprint density at radius 2 is 2.10 bits per heavy atom. The molecule has 0 amide bonds. The summed E-state index contributed by atoms with van der Waals surface area (Å²) in [6, 6.07) is 7.66. The lowest BCUT2D eigenvalue weighted by atomic mass is 10.1. The summed E-state index contributed by atoms with van der Waals surface area (Å²) in [6.07, 6.45) is 5.14. The van der Waals surface area contributed by atoms with Crippen LogP contribution in [0.15, 0.2) is 47.3 Å². The summed E-state index contributed by atoms with van der Waals surface area (Å²) in [5.74, 6) is -0.0876. The van der Waals surface area contributed by atoms with E-state index in [1.807, 2.05) is 44.4 Å². The van der Waals surface area contributed by atoms with Gasteiger partial charge in [-0.2, -0.15) is 5.10 Å². The number of carbonyl (C=O) groups excluding carboxylic acids is 1. The van der Waals surface area contributed by atoms with Crippen LogP contribution in [0.25, 0.3) is 6.08 Å². The van der Waals surface area contributed by atoms with Gasteiger partial charge in [0.25, 0.3) is 0 Å². The van der Waals surface area contributed by atoms with E-state index in [9.17, 15) is 4.79 Å². The molecule has 3 rings (SSSR count). The zero-order valence-electron chi connectivity index (χ0n) is 11.2. The molecule has 1 aromatic carbocycles. The summed E-state index contributed by atoms with van der Waals surface area (Å²) in [6.45, 7) is 1.95. The van der Waals surface area contributed by atoms with E-state index in [-0.39, 0.29) is 5.70 Å². The predicted molar refractivity (Wildman–Crippen MR) is 75.0 cm³/mol. The van der Waals surface area contributed by atoms with Crippen molar-refractivity contribution < 1.29 is 9.53 Å². The lowest BCUT2D eigenvalue weighted by Crippen LogP contribution is -2.06. The van der Waals surface area contributed by atoms with Crippen LogP contribution in [0.5, 0.6) is 0 Å². The van der Waals surface area contributed by atoms with E-state index >= 15 is 0 Å². The van der Waals surface area contributed by atoms with E-state index < -0.39 is 5.97 Å². The molecule has 0 saturated carbocycles. The molecular formula is C15H13N3O2. The van der Waals surface area contributed by atoms with Gasteiger partial charge in [0.15, 0.2) is 5.70 Å². The molecule has 0 fully saturated rings. The van der Waals surface area contributed by atoms with Gasteiger partial charge in [-0.3, -0.25) is 4.68 Å². The minimum atomic E-state index is -0.438. The highest BCUT2D eigenvalue weighted by Gasteiger charge is 2.24. The fourth-order valence-electron chi connectivity index (χ4n) is 2.01. The molecule has 0 unspecified atom stereocenters. The third-order valence-electron chi connectivity index (χ3n) is 3.02. The van der Waals surface area contributed by atoms with Crippen molar-refractivity contribution in [2.45, 2.75) is 6.92 Å². The number of cyclic esters (lactones) is 1. The number of hydrogen-bond acceptors (Lipinski definition) is 4. The van der Waals surface area contributed by atoms with Crippen molar-refractivity contribution in [3.8, 4) is 0 Å². The summed E-state index contributed by atoms with van der Waals surface area (Å²) < 4.78 is 6.90. The van der Waals surface area contributed by atoms with Gasteiger partial charge in [0, 0.05) is 24.4 Å². The van der Waals surface area contributed by atoms with E-state index in [4.69, 9.17) is 4.74 Å².